The van der Waals surface area contributed by atoms with Crippen LogP contribution in [0.5, 0.6) is 0 Å². The Morgan fingerprint density at radius 3 is 2.36 bits per heavy atom. The van der Waals surface area contributed by atoms with Gasteiger partial charge in [-0.15, -0.1) is 0 Å². The van der Waals surface area contributed by atoms with Gasteiger partial charge in [0.1, 0.15) is 0 Å². The maximum absolute atomic E-state index is 12.8. The van der Waals surface area contributed by atoms with Gasteiger partial charge in [0.2, 0.25) is 5.91 Å². The fourth-order valence-electron chi connectivity index (χ4n) is 2.09. The van der Waals surface area contributed by atoms with Gasteiger partial charge in [-0.25, -0.2) is 0 Å². The fourth-order valence-corrected chi connectivity index (χ4v) is 2.09. The van der Waals surface area contributed by atoms with Gasteiger partial charge >= 0.3 is 6.18 Å². The first-order valence-electron chi connectivity index (χ1n) is 6.58. The molecular weight excluding hydrogens is 293 g/mol. The molecule has 0 heterocycles. The number of rotatable bonds is 3. The van der Waals surface area contributed by atoms with Crippen LogP contribution in [0.3, 0.4) is 0 Å². The minimum Gasteiger partial charge on any atom is -0.399 e. The van der Waals surface area contributed by atoms with Crippen LogP contribution in [0.15, 0.2) is 42.5 Å². The van der Waals surface area contributed by atoms with E-state index in [-0.39, 0.29) is 23.6 Å². The highest BCUT2D eigenvalue weighted by Gasteiger charge is 2.33. The van der Waals surface area contributed by atoms with E-state index < -0.39 is 11.7 Å². The molecule has 0 aliphatic heterocycles. The summed E-state index contributed by atoms with van der Waals surface area (Å²) in [6.07, 6.45) is -4.38. The molecule has 1 amide bonds. The Balaban J connectivity index is 2.13. The summed E-state index contributed by atoms with van der Waals surface area (Å²) in [6.45, 7) is 1.33. The zero-order chi connectivity index (χ0) is 16.3. The van der Waals surface area contributed by atoms with E-state index >= 15 is 0 Å². The van der Waals surface area contributed by atoms with Crippen LogP contribution in [-0.4, -0.2) is 5.91 Å². The van der Waals surface area contributed by atoms with Gasteiger partial charge in [0, 0.05) is 11.4 Å². The molecule has 0 saturated carbocycles. The van der Waals surface area contributed by atoms with E-state index in [0.717, 1.165) is 11.6 Å². The summed E-state index contributed by atoms with van der Waals surface area (Å²) in [4.78, 5) is 12.0. The molecule has 0 aliphatic carbocycles. The lowest BCUT2D eigenvalue weighted by atomic mass is 10.1. The van der Waals surface area contributed by atoms with Gasteiger partial charge in [-0.2, -0.15) is 13.2 Å². The molecule has 3 nitrogen and oxygen atoms in total. The van der Waals surface area contributed by atoms with Gasteiger partial charge in [-0.05, 0) is 42.3 Å². The number of carbonyl (C=O) groups excluding carboxylic acids is 1. The molecule has 0 spiro atoms. The van der Waals surface area contributed by atoms with Crippen LogP contribution in [0, 0.1) is 6.92 Å². The van der Waals surface area contributed by atoms with E-state index in [2.05, 4.69) is 5.32 Å². The SMILES string of the molecule is Cc1c(NC(=O)Cc2ccc(N)cc2)cccc1C(F)(F)F. The molecule has 2 aromatic rings. The van der Waals surface area contributed by atoms with Crippen molar-refractivity contribution in [3.8, 4) is 0 Å². The molecule has 0 unspecified atom stereocenters. The molecule has 2 aromatic carbocycles. The molecule has 0 atom stereocenters. The standard InChI is InChI=1S/C16H15F3N2O/c1-10-13(16(17,18)19)3-2-4-14(10)21-15(22)9-11-5-7-12(20)8-6-11/h2-8H,9,20H2,1H3,(H,21,22). The third kappa shape index (κ3) is 3.78. The van der Waals surface area contributed by atoms with Crippen LogP contribution in [0.2, 0.25) is 0 Å². The number of alkyl halides is 3. The summed E-state index contributed by atoms with van der Waals surface area (Å²) in [6, 6.07) is 10.4. The van der Waals surface area contributed by atoms with Crippen molar-refractivity contribution in [3.05, 3.63) is 59.2 Å². The largest absolute Gasteiger partial charge is 0.416 e. The molecule has 0 aliphatic rings. The molecule has 22 heavy (non-hydrogen) atoms. The Bertz CT molecular complexity index is 679. The second-order valence-electron chi connectivity index (χ2n) is 4.94. The Kier molecular flexibility index (Phi) is 4.40. The number of amides is 1. The fraction of sp³-hybridized carbons (Fsp3) is 0.188. The number of nitrogens with one attached hydrogen (secondary N) is 1. The summed E-state index contributed by atoms with van der Waals surface area (Å²) in [7, 11) is 0. The number of hydrogen-bond donors (Lipinski definition) is 2. The van der Waals surface area contributed by atoms with Crippen molar-refractivity contribution in [2.45, 2.75) is 19.5 Å². The molecule has 0 fully saturated rings. The molecule has 0 saturated heterocycles. The van der Waals surface area contributed by atoms with Gasteiger partial charge in [-0.1, -0.05) is 18.2 Å². The van der Waals surface area contributed by atoms with E-state index in [4.69, 9.17) is 5.73 Å². The second kappa shape index (κ2) is 6.09. The summed E-state index contributed by atoms with van der Waals surface area (Å²) in [5.41, 5.74) is 6.28. The first-order chi connectivity index (χ1) is 10.3. The molecule has 3 N–H and O–H groups in total. The van der Waals surface area contributed by atoms with Crippen LogP contribution < -0.4 is 11.1 Å². The van der Waals surface area contributed by atoms with Gasteiger partial charge < -0.3 is 11.1 Å². The average molecular weight is 308 g/mol. The van der Waals surface area contributed by atoms with Crippen molar-refractivity contribution in [1.29, 1.82) is 0 Å². The van der Waals surface area contributed by atoms with Gasteiger partial charge in [0.15, 0.2) is 0 Å². The van der Waals surface area contributed by atoms with E-state index in [9.17, 15) is 18.0 Å². The number of nitrogens with two attached hydrogens (primary N) is 1. The molecular formula is C16H15F3N2O. The average Bonchev–Trinajstić information content (AvgIpc) is 2.42. The first-order valence-corrected chi connectivity index (χ1v) is 6.58. The molecule has 6 heteroatoms. The number of halogens is 3. The maximum Gasteiger partial charge on any atom is 0.416 e. The molecule has 0 bridgehead atoms. The lowest BCUT2D eigenvalue weighted by molar-refractivity contribution is -0.138. The predicted octanol–water partition coefficient (Wildman–Crippen LogP) is 3.78. The highest BCUT2D eigenvalue weighted by Crippen LogP contribution is 2.34. The minimum atomic E-state index is -4.44. The van der Waals surface area contributed by atoms with E-state index in [1.54, 1.807) is 24.3 Å². The van der Waals surface area contributed by atoms with Crippen molar-refractivity contribution in [3.63, 3.8) is 0 Å². The van der Waals surface area contributed by atoms with Crippen LogP contribution >= 0.6 is 0 Å². The molecule has 0 radical (unpaired) electrons. The van der Waals surface area contributed by atoms with Crippen LogP contribution in [0.1, 0.15) is 16.7 Å². The zero-order valence-corrected chi connectivity index (χ0v) is 11.9. The van der Waals surface area contributed by atoms with E-state index in [1.165, 1.54) is 19.1 Å². The molecule has 116 valence electrons. The Labute approximate surface area is 125 Å². The van der Waals surface area contributed by atoms with Crippen molar-refractivity contribution in [2.24, 2.45) is 0 Å². The van der Waals surface area contributed by atoms with E-state index in [0.29, 0.717) is 5.69 Å². The highest BCUT2D eigenvalue weighted by atomic mass is 19.4. The summed E-state index contributed by atoms with van der Waals surface area (Å²) in [5.74, 6) is -0.382. The maximum atomic E-state index is 12.8. The third-order valence-corrected chi connectivity index (χ3v) is 3.26. The zero-order valence-electron chi connectivity index (χ0n) is 11.9. The normalized spacial score (nSPS) is 11.3. The third-order valence-electron chi connectivity index (χ3n) is 3.26. The van der Waals surface area contributed by atoms with Crippen molar-refractivity contribution in [2.75, 3.05) is 11.1 Å². The number of hydrogen-bond acceptors (Lipinski definition) is 2. The van der Waals surface area contributed by atoms with Crippen LogP contribution in [0.25, 0.3) is 0 Å². The summed E-state index contributed by atoms with van der Waals surface area (Å²) >= 11 is 0. The molecule has 2 rings (SSSR count). The Hall–Kier alpha value is -2.50. The Morgan fingerprint density at radius 1 is 1.14 bits per heavy atom. The van der Waals surface area contributed by atoms with Gasteiger partial charge in [0.05, 0.1) is 12.0 Å². The van der Waals surface area contributed by atoms with Crippen LogP contribution in [0.4, 0.5) is 24.5 Å². The minimum absolute atomic E-state index is 0.000608. The van der Waals surface area contributed by atoms with Crippen molar-refractivity contribution >= 4 is 17.3 Å². The van der Waals surface area contributed by atoms with Crippen LogP contribution in [-0.2, 0) is 17.4 Å². The number of nitrogen functional groups attached to an aromatic ring is 1. The summed E-state index contributed by atoms with van der Waals surface area (Å²) in [5, 5.41) is 2.52. The number of carbonyl (C=O) groups is 1. The van der Waals surface area contributed by atoms with Crippen molar-refractivity contribution < 1.29 is 18.0 Å². The number of anilines is 2. The number of benzene rings is 2. The van der Waals surface area contributed by atoms with Crippen molar-refractivity contribution in [1.82, 2.24) is 0 Å². The molecule has 0 aromatic heterocycles. The smallest absolute Gasteiger partial charge is 0.399 e. The second-order valence-corrected chi connectivity index (χ2v) is 4.94. The summed E-state index contributed by atoms with van der Waals surface area (Å²) < 4.78 is 38.5. The quantitative estimate of drug-likeness (QED) is 0.848. The topological polar surface area (TPSA) is 55.1 Å². The highest BCUT2D eigenvalue weighted by molar-refractivity contribution is 5.93. The van der Waals surface area contributed by atoms with Gasteiger partial charge in [0.25, 0.3) is 0 Å². The van der Waals surface area contributed by atoms with E-state index in [1.807, 2.05) is 0 Å². The lowest BCUT2D eigenvalue weighted by Crippen LogP contribution is -2.17. The van der Waals surface area contributed by atoms with Gasteiger partial charge in [-0.3, -0.25) is 4.79 Å². The first kappa shape index (κ1) is 15.9. The lowest BCUT2D eigenvalue weighted by Gasteiger charge is -2.14. The monoisotopic (exact) mass is 308 g/mol. The predicted molar refractivity (Wildman–Crippen MR) is 79.4 cm³/mol. The Morgan fingerprint density at radius 2 is 1.77 bits per heavy atom.